The van der Waals surface area contributed by atoms with Crippen LogP contribution in [0.25, 0.3) is 0 Å². The summed E-state index contributed by atoms with van der Waals surface area (Å²) in [6.07, 6.45) is 0.340. The van der Waals surface area contributed by atoms with E-state index in [1.165, 1.54) is 7.11 Å². The van der Waals surface area contributed by atoms with Crippen molar-refractivity contribution in [3.8, 4) is 5.75 Å². The van der Waals surface area contributed by atoms with Gasteiger partial charge in [0.15, 0.2) is 0 Å². The van der Waals surface area contributed by atoms with E-state index in [4.69, 9.17) is 14.2 Å². The number of hydrogen-bond acceptors (Lipinski definition) is 7. The zero-order chi connectivity index (χ0) is 26.5. The van der Waals surface area contributed by atoms with Gasteiger partial charge in [-0.2, -0.15) is 0 Å². The molecule has 0 aliphatic carbocycles. The summed E-state index contributed by atoms with van der Waals surface area (Å²) < 4.78 is 16.4. The van der Waals surface area contributed by atoms with Crippen LogP contribution in [0.1, 0.15) is 38.3 Å². The van der Waals surface area contributed by atoms with Gasteiger partial charge in [-0.15, -0.1) is 0 Å². The van der Waals surface area contributed by atoms with Crippen LogP contribution in [-0.4, -0.2) is 47.3 Å². The molecule has 190 valence electrons. The number of hydrogen-bond donors (Lipinski definition) is 0. The van der Waals surface area contributed by atoms with E-state index in [-0.39, 0.29) is 25.1 Å². The molecule has 1 aliphatic rings. The Morgan fingerprint density at radius 1 is 1.03 bits per heavy atom. The number of benzene rings is 2. The maximum absolute atomic E-state index is 13.8. The first kappa shape index (κ1) is 26.7. The Hall–Kier alpha value is -3.94. The van der Waals surface area contributed by atoms with Crippen LogP contribution in [-0.2, 0) is 41.8 Å². The van der Waals surface area contributed by atoms with Gasteiger partial charge in [-0.3, -0.25) is 4.79 Å². The third-order valence-corrected chi connectivity index (χ3v) is 5.89. The smallest absolute Gasteiger partial charge is 0.348 e. The molecule has 1 amide bonds. The van der Waals surface area contributed by atoms with Gasteiger partial charge in [0.05, 0.1) is 13.0 Å². The minimum Gasteiger partial charge on any atom is -0.497 e. The summed E-state index contributed by atoms with van der Waals surface area (Å²) in [5.74, 6) is -3.01. The first-order valence-corrected chi connectivity index (χ1v) is 11.6. The minimum absolute atomic E-state index is 0.0413. The van der Waals surface area contributed by atoms with Gasteiger partial charge in [-0.05, 0) is 49.6 Å². The Kier molecular flexibility index (Phi) is 7.97. The molecule has 2 atom stereocenters. The standard InChI is InChI=1S/C28H31NO7/c1-19-23(15-16-30)24(31)29(17-20-11-13-22(34-5)14-12-20)28(19,26(33)36-27(2,3)4)25(32)35-18-21-9-7-6-8-10-21/h6-14,16,23H,1,15,17-18H2,2-5H3/t23-,28+/m1/s1. The zero-order valence-corrected chi connectivity index (χ0v) is 21.0. The summed E-state index contributed by atoms with van der Waals surface area (Å²) >= 11 is 0. The van der Waals surface area contributed by atoms with Gasteiger partial charge >= 0.3 is 11.9 Å². The van der Waals surface area contributed by atoms with E-state index in [2.05, 4.69) is 6.58 Å². The molecule has 2 aromatic carbocycles. The summed E-state index contributed by atoms with van der Waals surface area (Å²) in [4.78, 5) is 53.6. The monoisotopic (exact) mass is 493 g/mol. The third-order valence-electron chi connectivity index (χ3n) is 5.89. The van der Waals surface area contributed by atoms with Crippen molar-refractivity contribution in [1.82, 2.24) is 4.90 Å². The number of esters is 2. The van der Waals surface area contributed by atoms with Crippen molar-refractivity contribution in [3.63, 3.8) is 0 Å². The second-order valence-electron chi connectivity index (χ2n) is 9.53. The van der Waals surface area contributed by atoms with Gasteiger partial charge in [0.2, 0.25) is 5.91 Å². The molecule has 1 saturated heterocycles. The highest BCUT2D eigenvalue weighted by Gasteiger charge is 2.66. The summed E-state index contributed by atoms with van der Waals surface area (Å²) in [6, 6.07) is 15.8. The highest BCUT2D eigenvalue weighted by Crippen LogP contribution is 2.43. The van der Waals surface area contributed by atoms with Gasteiger partial charge < -0.3 is 23.9 Å². The predicted octanol–water partition coefficient (Wildman–Crippen LogP) is 3.62. The average Bonchev–Trinajstić information content (AvgIpc) is 3.05. The van der Waals surface area contributed by atoms with Gasteiger partial charge in [0.25, 0.3) is 5.54 Å². The maximum Gasteiger partial charge on any atom is 0.348 e. The lowest BCUT2D eigenvalue weighted by Gasteiger charge is -2.36. The van der Waals surface area contributed by atoms with Gasteiger partial charge in [-0.25, -0.2) is 9.59 Å². The van der Waals surface area contributed by atoms with E-state index < -0.39 is 34.9 Å². The fourth-order valence-corrected chi connectivity index (χ4v) is 4.12. The molecule has 0 unspecified atom stereocenters. The number of nitrogens with zero attached hydrogens (tertiary/aromatic N) is 1. The number of likely N-dealkylation sites (tertiary alicyclic amines) is 1. The first-order valence-electron chi connectivity index (χ1n) is 11.6. The predicted molar refractivity (Wildman–Crippen MR) is 132 cm³/mol. The fourth-order valence-electron chi connectivity index (χ4n) is 4.12. The number of ether oxygens (including phenoxy) is 3. The normalized spacial score (nSPS) is 19.7. The largest absolute Gasteiger partial charge is 0.497 e. The van der Waals surface area contributed by atoms with E-state index in [1.807, 2.05) is 6.07 Å². The fraction of sp³-hybridized carbons (Fsp3) is 0.357. The van der Waals surface area contributed by atoms with Crippen molar-refractivity contribution in [3.05, 3.63) is 77.9 Å². The molecule has 36 heavy (non-hydrogen) atoms. The molecule has 0 spiro atoms. The molecule has 0 radical (unpaired) electrons. The van der Waals surface area contributed by atoms with Crippen molar-refractivity contribution >= 4 is 24.1 Å². The topological polar surface area (TPSA) is 99.2 Å². The molecule has 1 fully saturated rings. The molecule has 0 N–H and O–H groups in total. The van der Waals surface area contributed by atoms with E-state index in [0.717, 1.165) is 4.90 Å². The Bertz CT molecular complexity index is 1130. The number of methoxy groups -OCH3 is 1. The Morgan fingerprint density at radius 2 is 1.67 bits per heavy atom. The number of aldehydes is 1. The van der Waals surface area contributed by atoms with Crippen LogP contribution < -0.4 is 4.74 Å². The summed E-state index contributed by atoms with van der Waals surface area (Å²) in [7, 11) is 1.53. The molecule has 0 bridgehead atoms. The average molecular weight is 494 g/mol. The Morgan fingerprint density at radius 3 is 2.22 bits per heavy atom. The van der Waals surface area contributed by atoms with E-state index in [9.17, 15) is 19.2 Å². The first-order chi connectivity index (χ1) is 17.0. The van der Waals surface area contributed by atoms with E-state index in [0.29, 0.717) is 23.2 Å². The lowest BCUT2D eigenvalue weighted by molar-refractivity contribution is -0.180. The van der Waals surface area contributed by atoms with Gasteiger partial charge in [0, 0.05) is 13.0 Å². The molecule has 8 nitrogen and oxygen atoms in total. The van der Waals surface area contributed by atoms with Crippen molar-refractivity contribution in [2.45, 2.75) is 51.5 Å². The van der Waals surface area contributed by atoms with Crippen molar-refractivity contribution in [1.29, 1.82) is 0 Å². The highest BCUT2D eigenvalue weighted by molar-refractivity contribution is 6.15. The van der Waals surface area contributed by atoms with E-state index in [1.54, 1.807) is 69.3 Å². The SMILES string of the molecule is C=C1[C@@H](CC=O)C(=O)N(Cc2ccc(OC)cc2)[C@@]1(C(=O)OCc1ccccc1)C(=O)OC(C)(C)C. The molecule has 3 rings (SSSR count). The minimum atomic E-state index is -2.26. The molecule has 1 aliphatic heterocycles. The van der Waals surface area contributed by atoms with Crippen LogP contribution in [0.3, 0.4) is 0 Å². The molecule has 0 aromatic heterocycles. The maximum atomic E-state index is 13.8. The molecule has 0 saturated carbocycles. The van der Waals surface area contributed by atoms with Crippen molar-refractivity contribution in [2.75, 3.05) is 7.11 Å². The third kappa shape index (κ3) is 5.32. The van der Waals surface area contributed by atoms with Crippen LogP contribution >= 0.6 is 0 Å². The van der Waals surface area contributed by atoms with E-state index >= 15 is 0 Å². The number of carbonyl (C=O) groups excluding carboxylic acids is 4. The number of carbonyl (C=O) groups is 4. The quantitative estimate of drug-likeness (QED) is 0.228. The summed E-state index contributed by atoms with van der Waals surface area (Å²) in [6.45, 7) is 8.69. The van der Waals surface area contributed by atoms with Crippen LogP contribution in [0.4, 0.5) is 0 Å². The lowest BCUT2D eigenvalue weighted by Crippen LogP contribution is -2.60. The lowest BCUT2D eigenvalue weighted by atomic mass is 9.85. The second-order valence-corrected chi connectivity index (χ2v) is 9.53. The number of amides is 1. The van der Waals surface area contributed by atoms with Gasteiger partial charge in [0.1, 0.15) is 24.2 Å². The Labute approximate surface area is 210 Å². The van der Waals surface area contributed by atoms with Crippen LogP contribution in [0.15, 0.2) is 66.7 Å². The molecule has 2 aromatic rings. The number of rotatable bonds is 9. The van der Waals surface area contributed by atoms with Crippen LogP contribution in [0.2, 0.25) is 0 Å². The molecular formula is C28H31NO7. The van der Waals surface area contributed by atoms with Crippen molar-refractivity contribution in [2.24, 2.45) is 5.92 Å². The molecular weight excluding hydrogens is 462 g/mol. The Balaban J connectivity index is 2.09. The van der Waals surface area contributed by atoms with Crippen LogP contribution in [0, 0.1) is 5.92 Å². The zero-order valence-electron chi connectivity index (χ0n) is 21.0. The second kappa shape index (κ2) is 10.8. The summed E-state index contributed by atoms with van der Waals surface area (Å²) in [5, 5.41) is 0. The van der Waals surface area contributed by atoms with Gasteiger partial charge in [-0.1, -0.05) is 49.0 Å². The van der Waals surface area contributed by atoms with Crippen LogP contribution in [0.5, 0.6) is 5.75 Å². The van der Waals surface area contributed by atoms with Crippen molar-refractivity contribution < 1.29 is 33.4 Å². The highest BCUT2D eigenvalue weighted by atomic mass is 16.6. The molecule has 1 heterocycles. The molecule has 8 heteroatoms. The summed E-state index contributed by atoms with van der Waals surface area (Å²) in [5.41, 5.74) is -1.94.